The summed E-state index contributed by atoms with van der Waals surface area (Å²) in [5.41, 5.74) is 1.12. The molecule has 19 heavy (non-hydrogen) atoms. The summed E-state index contributed by atoms with van der Waals surface area (Å²) >= 11 is 1.75. The van der Waals surface area contributed by atoms with Crippen LogP contribution in [-0.2, 0) is 11.2 Å². The Balaban J connectivity index is 0.00000180. The van der Waals surface area contributed by atoms with E-state index in [1.54, 1.807) is 18.9 Å². The minimum absolute atomic E-state index is 0. The molecule has 0 aliphatic carbocycles. The number of carbonyl (C=O) groups excluding carboxylic acids is 1. The molecular weight excluding hydrogens is 284 g/mol. The first kappa shape index (κ1) is 16.1. The van der Waals surface area contributed by atoms with Gasteiger partial charge in [0, 0.05) is 18.2 Å². The number of carbonyl (C=O) groups is 1. The molecule has 1 fully saturated rings. The second kappa shape index (κ2) is 8.30. The van der Waals surface area contributed by atoms with E-state index in [0.29, 0.717) is 6.54 Å². The average molecular weight is 303 g/mol. The van der Waals surface area contributed by atoms with Crippen LogP contribution < -0.4 is 15.4 Å². The SMILES string of the molecule is COc1ccccc1CCNC(=O)C1CSCN1.Cl. The summed E-state index contributed by atoms with van der Waals surface area (Å²) in [5.74, 6) is 2.70. The van der Waals surface area contributed by atoms with Crippen molar-refractivity contribution in [1.82, 2.24) is 10.6 Å². The van der Waals surface area contributed by atoms with Crippen LogP contribution in [0.1, 0.15) is 5.56 Å². The Morgan fingerprint density at radius 1 is 1.53 bits per heavy atom. The number of rotatable bonds is 5. The van der Waals surface area contributed by atoms with Gasteiger partial charge in [0.15, 0.2) is 0 Å². The van der Waals surface area contributed by atoms with E-state index in [1.807, 2.05) is 24.3 Å². The topological polar surface area (TPSA) is 50.4 Å². The molecule has 1 heterocycles. The molecule has 1 saturated heterocycles. The number of benzene rings is 1. The van der Waals surface area contributed by atoms with Crippen LogP contribution in [0.15, 0.2) is 24.3 Å². The number of hydrogen-bond acceptors (Lipinski definition) is 4. The van der Waals surface area contributed by atoms with Gasteiger partial charge < -0.3 is 10.1 Å². The minimum atomic E-state index is -0.0346. The monoisotopic (exact) mass is 302 g/mol. The van der Waals surface area contributed by atoms with Gasteiger partial charge >= 0.3 is 0 Å². The van der Waals surface area contributed by atoms with Crippen LogP contribution in [0.2, 0.25) is 0 Å². The van der Waals surface area contributed by atoms with Crippen LogP contribution in [0.4, 0.5) is 0 Å². The number of thioether (sulfide) groups is 1. The Hall–Kier alpha value is -0.910. The van der Waals surface area contributed by atoms with Crippen LogP contribution in [0.5, 0.6) is 5.75 Å². The number of hydrogen-bond donors (Lipinski definition) is 2. The van der Waals surface area contributed by atoms with Crippen LogP contribution in [0, 0.1) is 0 Å². The highest BCUT2D eigenvalue weighted by molar-refractivity contribution is 7.99. The third-order valence-corrected chi connectivity index (χ3v) is 3.86. The molecule has 1 aromatic carbocycles. The molecule has 2 N–H and O–H groups in total. The molecule has 1 unspecified atom stereocenters. The summed E-state index contributed by atoms with van der Waals surface area (Å²) < 4.78 is 5.27. The van der Waals surface area contributed by atoms with E-state index >= 15 is 0 Å². The van der Waals surface area contributed by atoms with Crippen molar-refractivity contribution in [1.29, 1.82) is 0 Å². The Labute approximate surface area is 124 Å². The summed E-state index contributed by atoms with van der Waals surface area (Å²) in [7, 11) is 1.66. The number of halogens is 1. The number of para-hydroxylation sites is 1. The highest BCUT2D eigenvalue weighted by Gasteiger charge is 2.21. The predicted molar refractivity (Wildman–Crippen MR) is 81.2 cm³/mol. The second-order valence-corrected chi connectivity index (χ2v) is 5.15. The summed E-state index contributed by atoms with van der Waals surface area (Å²) in [6.07, 6.45) is 0.787. The molecule has 0 saturated carbocycles. The number of methoxy groups -OCH3 is 1. The van der Waals surface area contributed by atoms with E-state index in [4.69, 9.17) is 4.74 Å². The number of nitrogens with one attached hydrogen (secondary N) is 2. The smallest absolute Gasteiger partial charge is 0.238 e. The lowest BCUT2D eigenvalue weighted by Gasteiger charge is -2.11. The fourth-order valence-corrected chi connectivity index (χ4v) is 2.86. The number of ether oxygens (including phenoxy) is 1. The van der Waals surface area contributed by atoms with E-state index in [9.17, 15) is 4.79 Å². The van der Waals surface area contributed by atoms with Crippen molar-refractivity contribution in [2.75, 3.05) is 25.3 Å². The average Bonchev–Trinajstić information content (AvgIpc) is 2.93. The standard InChI is InChI=1S/C13H18N2O2S.ClH/c1-17-12-5-3-2-4-10(12)6-7-14-13(16)11-8-18-9-15-11;/h2-5,11,15H,6-9H2,1H3,(H,14,16);1H. The van der Waals surface area contributed by atoms with Gasteiger partial charge in [0.2, 0.25) is 5.91 Å². The first-order valence-electron chi connectivity index (χ1n) is 6.02. The molecule has 2 rings (SSSR count). The Morgan fingerprint density at radius 3 is 3.00 bits per heavy atom. The summed E-state index contributed by atoms with van der Waals surface area (Å²) in [6, 6.07) is 7.85. The Kier molecular flexibility index (Phi) is 7.05. The van der Waals surface area contributed by atoms with Gasteiger partial charge in [-0.1, -0.05) is 18.2 Å². The molecule has 4 nitrogen and oxygen atoms in total. The zero-order valence-electron chi connectivity index (χ0n) is 10.8. The molecule has 0 radical (unpaired) electrons. The first-order valence-corrected chi connectivity index (χ1v) is 7.17. The first-order chi connectivity index (χ1) is 8.81. The van der Waals surface area contributed by atoms with Crippen molar-refractivity contribution in [3.63, 3.8) is 0 Å². The van der Waals surface area contributed by atoms with E-state index in [-0.39, 0.29) is 24.4 Å². The Bertz CT molecular complexity index is 411. The largest absolute Gasteiger partial charge is 0.496 e. The summed E-state index contributed by atoms with van der Waals surface area (Å²) in [5, 5.41) is 6.11. The lowest BCUT2D eigenvalue weighted by Crippen LogP contribution is -2.42. The molecule has 1 aliphatic rings. The fraction of sp³-hybridized carbons (Fsp3) is 0.462. The zero-order valence-corrected chi connectivity index (χ0v) is 12.5. The summed E-state index contributed by atoms with van der Waals surface area (Å²) in [4.78, 5) is 11.8. The van der Waals surface area contributed by atoms with E-state index in [2.05, 4.69) is 10.6 Å². The van der Waals surface area contributed by atoms with Crippen molar-refractivity contribution in [2.45, 2.75) is 12.5 Å². The molecule has 1 atom stereocenters. The van der Waals surface area contributed by atoms with Crippen molar-refractivity contribution >= 4 is 30.1 Å². The molecule has 106 valence electrons. The molecule has 1 aromatic rings. The van der Waals surface area contributed by atoms with Crippen molar-refractivity contribution in [3.8, 4) is 5.75 Å². The van der Waals surface area contributed by atoms with Gasteiger partial charge in [0.05, 0.1) is 13.2 Å². The number of amides is 1. The van der Waals surface area contributed by atoms with Gasteiger partial charge in [-0.3, -0.25) is 10.1 Å². The maximum absolute atomic E-state index is 11.8. The molecule has 0 spiro atoms. The molecular formula is C13H19ClN2O2S. The van der Waals surface area contributed by atoms with Crippen LogP contribution in [0.25, 0.3) is 0 Å². The molecule has 0 aromatic heterocycles. The quantitative estimate of drug-likeness (QED) is 0.864. The molecule has 6 heteroatoms. The van der Waals surface area contributed by atoms with Gasteiger partial charge in [-0.25, -0.2) is 0 Å². The van der Waals surface area contributed by atoms with Gasteiger partial charge in [-0.05, 0) is 18.1 Å². The molecule has 1 amide bonds. The molecule has 1 aliphatic heterocycles. The zero-order chi connectivity index (χ0) is 12.8. The lowest BCUT2D eigenvalue weighted by molar-refractivity contribution is -0.122. The maximum atomic E-state index is 11.8. The van der Waals surface area contributed by atoms with Crippen molar-refractivity contribution in [2.24, 2.45) is 0 Å². The minimum Gasteiger partial charge on any atom is -0.496 e. The summed E-state index contributed by atoms with van der Waals surface area (Å²) in [6.45, 7) is 0.641. The van der Waals surface area contributed by atoms with Crippen molar-refractivity contribution < 1.29 is 9.53 Å². The fourth-order valence-electron chi connectivity index (χ4n) is 1.92. The predicted octanol–water partition coefficient (Wildman–Crippen LogP) is 1.44. The van der Waals surface area contributed by atoms with E-state index in [0.717, 1.165) is 29.4 Å². The highest BCUT2D eigenvalue weighted by Crippen LogP contribution is 2.17. The Morgan fingerprint density at radius 2 is 2.32 bits per heavy atom. The lowest BCUT2D eigenvalue weighted by atomic mass is 10.1. The van der Waals surface area contributed by atoms with Gasteiger partial charge in [-0.2, -0.15) is 0 Å². The van der Waals surface area contributed by atoms with E-state index in [1.165, 1.54) is 0 Å². The van der Waals surface area contributed by atoms with Crippen LogP contribution in [-0.4, -0.2) is 37.2 Å². The van der Waals surface area contributed by atoms with Crippen LogP contribution >= 0.6 is 24.2 Å². The molecule has 0 bridgehead atoms. The second-order valence-electron chi connectivity index (χ2n) is 4.12. The maximum Gasteiger partial charge on any atom is 0.238 e. The van der Waals surface area contributed by atoms with Gasteiger partial charge in [-0.15, -0.1) is 24.2 Å². The van der Waals surface area contributed by atoms with E-state index < -0.39 is 0 Å². The van der Waals surface area contributed by atoms with Crippen LogP contribution in [0.3, 0.4) is 0 Å². The normalized spacial score (nSPS) is 17.6. The van der Waals surface area contributed by atoms with Crippen molar-refractivity contribution in [3.05, 3.63) is 29.8 Å². The third kappa shape index (κ3) is 4.60. The highest BCUT2D eigenvalue weighted by atomic mass is 35.5. The van der Waals surface area contributed by atoms with Gasteiger partial charge in [0.25, 0.3) is 0 Å². The third-order valence-electron chi connectivity index (χ3n) is 2.92. The van der Waals surface area contributed by atoms with Gasteiger partial charge in [0.1, 0.15) is 5.75 Å².